The van der Waals surface area contributed by atoms with E-state index in [9.17, 15) is 9.59 Å². The lowest BCUT2D eigenvalue weighted by atomic mass is 10.2. The number of carbonyl (C=O) groups excluding carboxylic acids is 2. The van der Waals surface area contributed by atoms with E-state index in [2.05, 4.69) is 5.32 Å². The minimum atomic E-state index is -0.762. The summed E-state index contributed by atoms with van der Waals surface area (Å²) in [5.74, 6) is 0.0596. The van der Waals surface area contributed by atoms with Crippen LogP contribution in [-0.4, -0.2) is 37.7 Å². The summed E-state index contributed by atoms with van der Waals surface area (Å²) in [5, 5.41) is 2.95. The van der Waals surface area contributed by atoms with Crippen molar-refractivity contribution in [2.75, 3.05) is 19.8 Å². The molecule has 0 saturated carbocycles. The fraction of sp³-hybridized carbons (Fsp3) is 0.222. The van der Waals surface area contributed by atoms with Gasteiger partial charge in [0.25, 0.3) is 5.91 Å². The van der Waals surface area contributed by atoms with Gasteiger partial charge in [-0.2, -0.15) is 0 Å². The van der Waals surface area contributed by atoms with Crippen LogP contribution in [0.1, 0.15) is 10.4 Å². The molecule has 1 N–H and O–H groups in total. The van der Waals surface area contributed by atoms with Gasteiger partial charge in [-0.05, 0) is 24.3 Å². The molecule has 0 bridgehead atoms. The Morgan fingerprint density at radius 1 is 1.08 bits per heavy atom. The monoisotopic (exact) mass is 395 g/mol. The summed E-state index contributed by atoms with van der Waals surface area (Å²) in [6.45, 7) is 0.0778. The largest absolute Gasteiger partial charge is 0.486 e. The Balaban J connectivity index is 1.46. The van der Waals surface area contributed by atoms with Crippen molar-refractivity contribution in [1.82, 2.24) is 5.32 Å². The molecule has 1 amide bonds. The Hall–Kier alpha value is -2.44. The Morgan fingerprint density at radius 2 is 1.77 bits per heavy atom. The predicted molar refractivity (Wildman–Crippen MR) is 96.1 cm³/mol. The van der Waals surface area contributed by atoms with Crippen LogP contribution in [0.15, 0.2) is 42.5 Å². The third kappa shape index (κ3) is 4.39. The number of hydrogen-bond donors (Lipinski definition) is 1. The molecule has 1 atom stereocenters. The van der Waals surface area contributed by atoms with Crippen molar-refractivity contribution < 1.29 is 23.8 Å². The average Bonchev–Trinajstić information content (AvgIpc) is 2.64. The zero-order chi connectivity index (χ0) is 18.5. The Bertz CT molecular complexity index is 807. The van der Waals surface area contributed by atoms with E-state index < -0.39 is 18.5 Å². The van der Waals surface area contributed by atoms with Gasteiger partial charge in [-0.1, -0.05) is 41.4 Å². The van der Waals surface area contributed by atoms with E-state index in [0.29, 0.717) is 18.1 Å². The van der Waals surface area contributed by atoms with Crippen LogP contribution in [0.5, 0.6) is 11.5 Å². The SMILES string of the molecule is O=C(COC(=O)c1c(Cl)cccc1Cl)NC[C@H]1COc2ccccc2O1. The molecule has 0 unspecified atom stereocenters. The van der Waals surface area contributed by atoms with Crippen molar-refractivity contribution in [2.45, 2.75) is 6.10 Å². The van der Waals surface area contributed by atoms with Gasteiger partial charge < -0.3 is 19.5 Å². The topological polar surface area (TPSA) is 73.9 Å². The predicted octanol–water partition coefficient (Wildman–Crippen LogP) is 3.11. The highest BCUT2D eigenvalue weighted by atomic mass is 35.5. The normalized spacial score (nSPS) is 15.2. The second-order valence-electron chi connectivity index (χ2n) is 5.47. The molecule has 1 aliphatic heterocycles. The van der Waals surface area contributed by atoms with Crippen molar-refractivity contribution in [2.24, 2.45) is 0 Å². The Morgan fingerprint density at radius 3 is 2.50 bits per heavy atom. The number of halogens is 2. The lowest BCUT2D eigenvalue weighted by Gasteiger charge is -2.26. The molecule has 3 rings (SSSR count). The van der Waals surface area contributed by atoms with Gasteiger partial charge in [0.1, 0.15) is 12.7 Å². The first-order valence-electron chi connectivity index (χ1n) is 7.81. The molecule has 0 fully saturated rings. The molecule has 2 aromatic rings. The minimum absolute atomic E-state index is 0.0317. The first-order chi connectivity index (χ1) is 12.5. The first-order valence-corrected chi connectivity index (χ1v) is 8.56. The van der Waals surface area contributed by atoms with E-state index in [0.717, 1.165) is 0 Å². The van der Waals surface area contributed by atoms with Crippen LogP contribution in [0.3, 0.4) is 0 Å². The highest BCUT2D eigenvalue weighted by Gasteiger charge is 2.22. The average molecular weight is 396 g/mol. The van der Waals surface area contributed by atoms with Crippen LogP contribution in [-0.2, 0) is 9.53 Å². The summed E-state index contributed by atoms with van der Waals surface area (Å²) in [4.78, 5) is 23.9. The summed E-state index contributed by atoms with van der Waals surface area (Å²) in [7, 11) is 0. The van der Waals surface area contributed by atoms with Gasteiger partial charge in [0.15, 0.2) is 18.1 Å². The van der Waals surface area contributed by atoms with Crippen molar-refractivity contribution >= 4 is 35.1 Å². The fourth-order valence-corrected chi connectivity index (χ4v) is 2.89. The smallest absolute Gasteiger partial charge is 0.341 e. The fourth-order valence-electron chi connectivity index (χ4n) is 2.34. The summed E-state index contributed by atoms with van der Waals surface area (Å²) in [5.41, 5.74) is 0.0317. The van der Waals surface area contributed by atoms with E-state index in [4.69, 9.17) is 37.4 Å². The number of amides is 1. The Kier molecular flexibility index (Phi) is 5.85. The van der Waals surface area contributed by atoms with Crippen LogP contribution < -0.4 is 14.8 Å². The second-order valence-corrected chi connectivity index (χ2v) is 6.29. The van der Waals surface area contributed by atoms with Crippen molar-refractivity contribution in [1.29, 1.82) is 0 Å². The summed E-state index contributed by atoms with van der Waals surface area (Å²) >= 11 is 11.9. The lowest BCUT2D eigenvalue weighted by molar-refractivity contribution is -0.124. The number of esters is 1. The van der Waals surface area contributed by atoms with E-state index >= 15 is 0 Å². The van der Waals surface area contributed by atoms with Crippen LogP contribution in [0, 0.1) is 0 Å². The zero-order valence-corrected chi connectivity index (χ0v) is 15.0. The van der Waals surface area contributed by atoms with Crippen molar-refractivity contribution in [3.05, 3.63) is 58.1 Å². The molecule has 6 nitrogen and oxygen atoms in total. The highest BCUT2D eigenvalue weighted by molar-refractivity contribution is 6.39. The molecule has 1 heterocycles. The van der Waals surface area contributed by atoms with E-state index in [-0.39, 0.29) is 28.3 Å². The number of rotatable bonds is 5. The standard InChI is InChI=1S/C18H15Cl2NO5/c19-12-4-3-5-13(20)17(12)18(23)25-10-16(22)21-8-11-9-24-14-6-1-2-7-15(14)26-11/h1-7,11H,8-10H2,(H,21,22)/t11-/m0/s1. The molecule has 0 aliphatic carbocycles. The number of hydrogen-bond acceptors (Lipinski definition) is 5. The maximum Gasteiger partial charge on any atom is 0.341 e. The molecule has 1 aliphatic rings. The molecule has 136 valence electrons. The highest BCUT2D eigenvalue weighted by Crippen LogP contribution is 2.30. The molecule has 0 aromatic heterocycles. The molecule has 0 radical (unpaired) electrons. The van der Waals surface area contributed by atoms with Gasteiger partial charge in [0.05, 0.1) is 22.2 Å². The molecular formula is C18H15Cl2NO5. The first kappa shape index (κ1) is 18.4. The maximum atomic E-state index is 12.0. The zero-order valence-electron chi connectivity index (χ0n) is 13.5. The number of benzene rings is 2. The van der Waals surface area contributed by atoms with E-state index in [1.807, 2.05) is 18.2 Å². The number of para-hydroxylation sites is 2. The van der Waals surface area contributed by atoms with Crippen LogP contribution in [0.2, 0.25) is 10.0 Å². The summed E-state index contributed by atoms with van der Waals surface area (Å²) < 4.78 is 16.2. The van der Waals surface area contributed by atoms with Crippen molar-refractivity contribution in [3.63, 3.8) is 0 Å². The number of nitrogens with one attached hydrogen (secondary N) is 1. The van der Waals surface area contributed by atoms with Gasteiger partial charge in [-0.25, -0.2) is 4.79 Å². The molecule has 2 aromatic carbocycles. The molecule has 0 saturated heterocycles. The van der Waals surface area contributed by atoms with E-state index in [1.165, 1.54) is 12.1 Å². The number of fused-ring (bicyclic) bond motifs is 1. The maximum absolute atomic E-state index is 12.0. The van der Waals surface area contributed by atoms with Gasteiger partial charge in [0.2, 0.25) is 0 Å². The van der Waals surface area contributed by atoms with E-state index in [1.54, 1.807) is 12.1 Å². The molecule has 26 heavy (non-hydrogen) atoms. The summed E-state index contributed by atoms with van der Waals surface area (Å²) in [6.07, 6.45) is -0.331. The second kappa shape index (κ2) is 8.29. The summed E-state index contributed by atoms with van der Waals surface area (Å²) in [6, 6.07) is 11.9. The van der Waals surface area contributed by atoms with Crippen LogP contribution >= 0.6 is 23.2 Å². The van der Waals surface area contributed by atoms with Crippen LogP contribution in [0.25, 0.3) is 0 Å². The lowest BCUT2D eigenvalue weighted by Crippen LogP contribution is -2.42. The quantitative estimate of drug-likeness (QED) is 0.787. The van der Waals surface area contributed by atoms with Gasteiger partial charge in [-0.15, -0.1) is 0 Å². The molecular weight excluding hydrogens is 381 g/mol. The van der Waals surface area contributed by atoms with Crippen LogP contribution in [0.4, 0.5) is 0 Å². The van der Waals surface area contributed by atoms with Gasteiger partial charge >= 0.3 is 5.97 Å². The van der Waals surface area contributed by atoms with Gasteiger partial charge in [-0.3, -0.25) is 4.79 Å². The number of ether oxygens (including phenoxy) is 3. The minimum Gasteiger partial charge on any atom is -0.486 e. The third-order valence-corrected chi connectivity index (χ3v) is 4.23. The third-order valence-electron chi connectivity index (χ3n) is 3.60. The van der Waals surface area contributed by atoms with Crippen molar-refractivity contribution in [3.8, 4) is 11.5 Å². The van der Waals surface area contributed by atoms with Gasteiger partial charge in [0, 0.05) is 0 Å². The Labute approximate surface area is 159 Å². The molecule has 8 heteroatoms. The number of carbonyl (C=O) groups is 2. The molecule has 0 spiro atoms.